The van der Waals surface area contributed by atoms with Crippen molar-refractivity contribution in [1.29, 1.82) is 0 Å². The number of rotatable bonds is 5. The number of amides is 1. The largest absolute Gasteiger partial charge is 0.496 e. The number of hydrogen-bond acceptors (Lipinski definition) is 4. The molecule has 0 atom stereocenters. The molecular weight excluding hydrogens is 304 g/mol. The van der Waals surface area contributed by atoms with E-state index in [1.54, 1.807) is 7.11 Å². The number of para-hydroxylation sites is 1. The zero-order chi connectivity index (χ0) is 16.8. The van der Waals surface area contributed by atoms with Gasteiger partial charge in [-0.15, -0.1) is 0 Å². The van der Waals surface area contributed by atoms with Gasteiger partial charge in [0.25, 0.3) is 0 Å². The Hall–Kier alpha value is -1.59. The molecule has 0 radical (unpaired) electrons. The van der Waals surface area contributed by atoms with Crippen LogP contribution in [0.2, 0.25) is 0 Å². The summed E-state index contributed by atoms with van der Waals surface area (Å²) in [6, 6.07) is 7.78. The van der Waals surface area contributed by atoms with Crippen LogP contribution in [0.3, 0.4) is 0 Å². The second-order valence-electron chi connectivity index (χ2n) is 6.73. The molecule has 0 spiro atoms. The minimum absolute atomic E-state index is 0.212. The van der Waals surface area contributed by atoms with Crippen LogP contribution >= 0.6 is 0 Å². The molecule has 0 aliphatic carbocycles. The number of methoxy groups -OCH3 is 1. The Bertz CT molecular complexity index is 535. The fraction of sp³-hybridized carbons (Fsp3) is 0.632. The number of piperidine rings is 1. The van der Waals surface area contributed by atoms with E-state index in [4.69, 9.17) is 9.47 Å². The number of likely N-dealkylation sites (tertiary alicyclic amines) is 1. The SMILES string of the molecule is COc1ccccc1CC(=O)N1CCC(CN2CCOCC2)CC1. The maximum absolute atomic E-state index is 12.6. The molecule has 2 heterocycles. The molecule has 5 nitrogen and oxygen atoms in total. The second kappa shape index (κ2) is 8.49. The number of benzene rings is 1. The van der Waals surface area contributed by atoms with Crippen molar-refractivity contribution < 1.29 is 14.3 Å². The number of ether oxygens (including phenoxy) is 2. The first-order chi connectivity index (χ1) is 11.8. The molecule has 0 saturated carbocycles. The van der Waals surface area contributed by atoms with Crippen LogP contribution in [0.15, 0.2) is 24.3 Å². The lowest BCUT2D eigenvalue weighted by atomic mass is 9.95. The molecule has 24 heavy (non-hydrogen) atoms. The summed E-state index contributed by atoms with van der Waals surface area (Å²) in [6.07, 6.45) is 2.64. The Balaban J connectivity index is 1.46. The summed E-state index contributed by atoms with van der Waals surface area (Å²) < 4.78 is 10.8. The fourth-order valence-electron chi connectivity index (χ4n) is 3.64. The van der Waals surface area contributed by atoms with E-state index in [1.165, 1.54) is 0 Å². The molecule has 0 N–H and O–H groups in total. The smallest absolute Gasteiger partial charge is 0.227 e. The topological polar surface area (TPSA) is 42.0 Å². The third-order valence-electron chi connectivity index (χ3n) is 5.12. The van der Waals surface area contributed by atoms with Gasteiger partial charge >= 0.3 is 0 Å². The van der Waals surface area contributed by atoms with Crippen LogP contribution in [0.1, 0.15) is 18.4 Å². The first kappa shape index (κ1) is 17.2. The van der Waals surface area contributed by atoms with Crippen LogP contribution < -0.4 is 4.74 Å². The van der Waals surface area contributed by atoms with Crippen LogP contribution in [0.5, 0.6) is 5.75 Å². The molecule has 2 fully saturated rings. The van der Waals surface area contributed by atoms with Gasteiger partial charge in [0.15, 0.2) is 0 Å². The Morgan fingerprint density at radius 3 is 2.58 bits per heavy atom. The predicted octanol–water partition coefficient (Wildman–Crippen LogP) is 1.81. The first-order valence-corrected chi connectivity index (χ1v) is 8.96. The zero-order valence-electron chi connectivity index (χ0n) is 14.6. The van der Waals surface area contributed by atoms with Crippen molar-refractivity contribution in [2.24, 2.45) is 5.92 Å². The van der Waals surface area contributed by atoms with Crippen LogP contribution in [0.4, 0.5) is 0 Å². The van der Waals surface area contributed by atoms with E-state index in [0.29, 0.717) is 12.3 Å². The standard InChI is InChI=1S/C19H28N2O3/c1-23-18-5-3-2-4-17(18)14-19(22)21-8-6-16(7-9-21)15-20-10-12-24-13-11-20/h2-5,16H,6-15H2,1H3. The lowest BCUT2D eigenvalue weighted by Gasteiger charge is -2.36. The van der Waals surface area contributed by atoms with E-state index in [0.717, 1.165) is 70.1 Å². The quantitative estimate of drug-likeness (QED) is 0.825. The minimum atomic E-state index is 0.212. The van der Waals surface area contributed by atoms with Crippen molar-refractivity contribution in [3.05, 3.63) is 29.8 Å². The molecule has 1 aromatic rings. The van der Waals surface area contributed by atoms with Gasteiger partial charge in [-0.3, -0.25) is 9.69 Å². The van der Waals surface area contributed by atoms with E-state index in [1.807, 2.05) is 29.2 Å². The van der Waals surface area contributed by atoms with Gasteiger partial charge in [-0.2, -0.15) is 0 Å². The highest BCUT2D eigenvalue weighted by atomic mass is 16.5. The monoisotopic (exact) mass is 332 g/mol. The average Bonchev–Trinajstić information content (AvgIpc) is 2.63. The van der Waals surface area contributed by atoms with E-state index in [9.17, 15) is 4.79 Å². The summed E-state index contributed by atoms with van der Waals surface area (Å²) in [5.41, 5.74) is 0.973. The van der Waals surface area contributed by atoms with E-state index >= 15 is 0 Å². The van der Waals surface area contributed by atoms with Crippen molar-refractivity contribution in [3.63, 3.8) is 0 Å². The summed E-state index contributed by atoms with van der Waals surface area (Å²) in [5, 5.41) is 0. The fourth-order valence-corrected chi connectivity index (χ4v) is 3.64. The lowest BCUT2D eigenvalue weighted by molar-refractivity contribution is -0.132. The van der Waals surface area contributed by atoms with Crippen LogP contribution in [0.25, 0.3) is 0 Å². The number of carbonyl (C=O) groups is 1. The van der Waals surface area contributed by atoms with Crippen molar-refractivity contribution in [1.82, 2.24) is 9.80 Å². The van der Waals surface area contributed by atoms with Crippen LogP contribution in [-0.4, -0.2) is 68.8 Å². The molecular formula is C19H28N2O3. The highest BCUT2D eigenvalue weighted by molar-refractivity contribution is 5.79. The third-order valence-corrected chi connectivity index (χ3v) is 5.12. The van der Waals surface area contributed by atoms with E-state index in [-0.39, 0.29) is 5.91 Å². The normalized spacial score (nSPS) is 20.1. The van der Waals surface area contributed by atoms with Gasteiger partial charge in [-0.25, -0.2) is 0 Å². The van der Waals surface area contributed by atoms with Gasteiger partial charge in [-0.1, -0.05) is 18.2 Å². The Morgan fingerprint density at radius 2 is 1.88 bits per heavy atom. The maximum Gasteiger partial charge on any atom is 0.227 e. The van der Waals surface area contributed by atoms with Crippen LogP contribution in [-0.2, 0) is 16.0 Å². The van der Waals surface area contributed by atoms with E-state index in [2.05, 4.69) is 4.90 Å². The first-order valence-electron chi connectivity index (χ1n) is 8.96. The Morgan fingerprint density at radius 1 is 1.17 bits per heavy atom. The molecule has 2 saturated heterocycles. The summed E-state index contributed by atoms with van der Waals surface area (Å²) in [5.74, 6) is 1.72. The second-order valence-corrected chi connectivity index (χ2v) is 6.73. The zero-order valence-corrected chi connectivity index (χ0v) is 14.6. The number of morpholine rings is 1. The summed E-state index contributed by atoms with van der Waals surface area (Å²) in [7, 11) is 1.65. The van der Waals surface area contributed by atoms with Crippen molar-refractivity contribution in [2.45, 2.75) is 19.3 Å². The highest BCUT2D eigenvalue weighted by Gasteiger charge is 2.25. The van der Waals surface area contributed by atoms with Crippen molar-refractivity contribution in [2.75, 3.05) is 53.0 Å². The van der Waals surface area contributed by atoms with Gasteiger partial charge in [0, 0.05) is 38.3 Å². The van der Waals surface area contributed by atoms with Crippen LogP contribution in [0, 0.1) is 5.92 Å². The number of hydrogen-bond donors (Lipinski definition) is 0. The highest BCUT2D eigenvalue weighted by Crippen LogP contribution is 2.22. The molecule has 0 unspecified atom stereocenters. The molecule has 1 amide bonds. The van der Waals surface area contributed by atoms with Gasteiger partial charge in [0.05, 0.1) is 26.7 Å². The molecule has 0 bridgehead atoms. The van der Waals surface area contributed by atoms with Gasteiger partial charge < -0.3 is 14.4 Å². The van der Waals surface area contributed by atoms with Gasteiger partial charge in [0.1, 0.15) is 5.75 Å². The van der Waals surface area contributed by atoms with Gasteiger partial charge in [0.2, 0.25) is 5.91 Å². The van der Waals surface area contributed by atoms with Crippen molar-refractivity contribution >= 4 is 5.91 Å². The molecule has 2 aliphatic rings. The molecule has 1 aromatic carbocycles. The molecule has 0 aromatic heterocycles. The molecule has 5 heteroatoms. The lowest BCUT2D eigenvalue weighted by Crippen LogP contribution is -2.44. The minimum Gasteiger partial charge on any atom is -0.496 e. The van der Waals surface area contributed by atoms with E-state index < -0.39 is 0 Å². The number of nitrogens with zero attached hydrogens (tertiary/aromatic N) is 2. The van der Waals surface area contributed by atoms with Gasteiger partial charge in [-0.05, 0) is 24.8 Å². The summed E-state index contributed by atoms with van der Waals surface area (Å²) >= 11 is 0. The Kier molecular flexibility index (Phi) is 6.10. The maximum atomic E-state index is 12.6. The molecule has 132 valence electrons. The average molecular weight is 332 g/mol. The summed E-state index contributed by atoms with van der Waals surface area (Å²) in [4.78, 5) is 17.1. The number of carbonyl (C=O) groups excluding carboxylic acids is 1. The third kappa shape index (κ3) is 4.48. The van der Waals surface area contributed by atoms with Crippen molar-refractivity contribution in [3.8, 4) is 5.75 Å². The molecule has 2 aliphatic heterocycles. The predicted molar refractivity (Wildman–Crippen MR) is 93.3 cm³/mol. The Labute approximate surface area is 144 Å². The summed E-state index contributed by atoms with van der Waals surface area (Å²) in [6.45, 7) is 6.72. The molecule has 3 rings (SSSR count).